The van der Waals surface area contributed by atoms with E-state index in [4.69, 9.17) is 43.4 Å². The minimum Gasteiger partial charge on any atom is -0.379 e. The van der Waals surface area contributed by atoms with Crippen LogP contribution in [0.25, 0.3) is 16.0 Å². The van der Waals surface area contributed by atoms with Crippen molar-refractivity contribution in [3.05, 3.63) is 97.9 Å². The third-order valence-electron chi connectivity index (χ3n) is 11.4. The fourth-order valence-corrected chi connectivity index (χ4v) is 9.71. The van der Waals surface area contributed by atoms with Gasteiger partial charge in [0.05, 0.1) is 54.6 Å². The molecular formula is C45H55Cl2N11O5S. The molecule has 16 nitrogen and oxygen atoms in total. The van der Waals surface area contributed by atoms with Gasteiger partial charge in [0.1, 0.15) is 16.9 Å². The van der Waals surface area contributed by atoms with Crippen molar-refractivity contribution in [3.63, 3.8) is 0 Å². The summed E-state index contributed by atoms with van der Waals surface area (Å²) in [5, 5.41) is 19.6. The van der Waals surface area contributed by atoms with Crippen LogP contribution >= 0.6 is 34.5 Å². The van der Waals surface area contributed by atoms with Crippen LogP contribution in [-0.2, 0) is 23.9 Å². The number of hydrogen-bond acceptors (Lipinski definition) is 12. The normalized spacial score (nSPS) is 16.4. The van der Waals surface area contributed by atoms with E-state index in [1.807, 2.05) is 58.5 Å². The van der Waals surface area contributed by atoms with Gasteiger partial charge in [-0.05, 0) is 70.0 Å². The van der Waals surface area contributed by atoms with Crippen molar-refractivity contribution >= 4 is 75.0 Å². The molecule has 5 aromatic rings. The lowest BCUT2D eigenvalue weighted by atomic mass is 9.99. The molecule has 1 saturated heterocycles. The molecule has 2 aliphatic rings. The Kier molecular flexibility index (Phi) is 15.9. The zero-order valence-electron chi connectivity index (χ0n) is 36.4. The summed E-state index contributed by atoms with van der Waals surface area (Å²) in [6.07, 6.45) is 3.17. The molecule has 19 heteroatoms. The quantitative estimate of drug-likeness (QED) is 0.0578. The predicted octanol–water partition coefficient (Wildman–Crippen LogP) is 5.83. The number of nitrogens with one attached hydrogen (secondary N) is 3. The average molecular weight is 933 g/mol. The number of carbonyl (C=O) groups is 3. The van der Waals surface area contributed by atoms with Crippen LogP contribution in [0.5, 0.6) is 0 Å². The number of aliphatic imine (C=N–C) groups is 1. The standard InChI is InChI=1S/C45H55Cl2N11O5S/c1-27(25-56-19-6-5-8-33(26-56)58-41-34(47)9-7-10-35(41)53-45(58)48)43(61)51-17-16-49-37(59)15-20-62-22-23-63-21-18-50-38(60)24-36-42-55-54-30(4)57(42)44-39(28(2)29(3)64-44)40(52-36)31-11-13-32(46)14-12-31/h7,9-14,33,36H,1,5-6,8,15-26H2,2-4H3,(H2,48,53)(H,49,59)(H,50,60)(H,51,61)/t33-,36-/m0/s1. The van der Waals surface area contributed by atoms with E-state index in [9.17, 15) is 14.4 Å². The largest absolute Gasteiger partial charge is 0.379 e. The summed E-state index contributed by atoms with van der Waals surface area (Å²) in [5.74, 6) is 1.13. The van der Waals surface area contributed by atoms with E-state index in [0.717, 1.165) is 70.1 Å². The number of fused-ring (bicyclic) bond motifs is 4. The Labute approximate surface area is 386 Å². The molecule has 0 bridgehead atoms. The van der Waals surface area contributed by atoms with Gasteiger partial charge in [-0.2, -0.15) is 0 Å². The van der Waals surface area contributed by atoms with E-state index >= 15 is 0 Å². The molecule has 0 aliphatic carbocycles. The van der Waals surface area contributed by atoms with Gasteiger partial charge in [0, 0.05) is 71.8 Å². The van der Waals surface area contributed by atoms with Crippen molar-refractivity contribution in [1.29, 1.82) is 0 Å². The minimum atomic E-state index is -0.566. The van der Waals surface area contributed by atoms with E-state index in [2.05, 4.69) is 56.5 Å². The number of likely N-dealkylation sites (tertiary alicyclic amines) is 1. The lowest BCUT2D eigenvalue weighted by molar-refractivity contribution is -0.123. The number of rotatable bonds is 19. The van der Waals surface area contributed by atoms with Gasteiger partial charge in [-0.15, -0.1) is 21.5 Å². The number of hydrogen-bond donors (Lipinski definition) is 4. The van der Waals surface area contributed by atoms with Gasteiger partial charge in [0.2, 0.25) is 23.7 Å². The summed E-state index contributed by atoms with van der Waals surface area (Å²) in [7, 11) is 0. The molecule has 0 radical (unpaired) electrons. The lowest BCUT2D eigenvalue weighted by Crippen LogP contribution is -2.38. The Hall–Kier alpha value is -5.17. The predicted molar refractivity (Wildman–Crippen MR) is 251 cm³/mol. The van der Waals surface area contributed by atoms with E-state index in [-0.39, 0.29) is 62.9 Å². The number of nitrogen functional groups attached to an aromatic ring is 1. The van der Waals surface area contributed by atoms with Crippen LogP contribution < -0.4 is 21.7 Å². The second-order valence-electron chi connectivity index (χ2n) is 16.0. The number of carbonyl (C=O) groups excluding carboxylic acids is 3. The molecule has 3 aromatic heterocycles. The van der Waals surface area contributed by atoms with Crippen LogP contribution in [0.3, 0.4) is 0 Å². The molecule has 5 N–H and O–H groups in total. The van der Waals surface area contributed by atoms with Gasteiger partial charge < -0.3 is 35.7 Å². The topological polar surface area (TPSA) is 196 Å². The second kappa shape index (κ2) is 21.7. The number of aromatic nitrogens is 5. The van der Waals surface area contributed by atoms with Gasteiger partial charge in [-0.25, -0.2) is 4.98 Å². The highest BCUT2D eigenvalue weighted by Gasteiger charge is 2.32. The Morgan fingerprint density at radius 2 is 1.67 bits per heavy atom. The van der Waals surface area contributed by atoms with E-state index in [1.54, 1.807) is 11.3 Å². The number of thiophene rings is 1. The van der Waals surface area contributed by atoms with Gasteiger partial charge in [0.25, 0.3) is 0 Å². The Bertz CT molecular complexity index is 2520. The molecule has 0 spiro atoms. The first-order valence-electron chi connectivity index (χ1n) is 21.5. The molecule has 3 amide bonds. The molecule has 340 valence electrons. The van der Waals surface area contributed by atoms with Crippen LogP contribution in [-0.4, -0.2) is 118 Å². The zero-order chi connectivity index (χ0) is 45.3. The number of halogens is 2. The molecule has 5 heterocycles. The third kappa shape index (κ3) is 11.2. The van der Waals surface area contributed by atoms with Gasteiger partial charge in [-0.3, -0.25) is 28.8 Å². The first-order chi connectivity index (χ1) is 30.9. The maximum atomic E-state index is 13.2. The molecule has 2 aromatic carbocycles. The van der Waals surface area contributed by atoms with Crippen molar-refractivity contribution in [3.8, 4) is 5.00 Å². The zero-order valence-corrected chi connectivity index (χ0v) is 38.8. The highest BCUT2D eigenvalue weighted by atomic mass is 35.5. The number of nitrogens with zero attached hydrogens (tertiary/aromatic N) is 7. The first-order valence-corrected chi connectivity index (χ1v) is 23.1. The van der Waals surface area contributed by atoms with Crippen molar-refractivity contribution < 1.29 is 23.9 Å². The van der Waals surface area contributed by atoms with Gasteiger partial charge in [0.15, 0.2) is 5.82 Å². The Balaban J connectivity index is 0.759. The van der Waals surface area contributed by atoms with Crippen LogP contribution in [0.15, 0.2) is 59.6 Å². The van der Waals surface area contributed by atoms with Crippen LogP contribution in [0.4, 0.5) is 5.95 Å². The van der Waals surface area contributed by atoms with Crippen LogP contribution in [0.2, 0.25) is 10.0 Å². The number of nitrogens with two attached hydrogens (primary N) is 1. The monoisotopic (exact) mass is 931 g/mol. The molecule has 2 atom stereocenters. The molecule has 0 unspecified atom stereocenters. The Morgan fingerprint density at radius 1 is 0.922 bits per heavy atom. The van der Waals surface area contributed by atoms with Crippen molar-refractivity contribution in [1.82, 2.24) is 45.2 Å². The summed E-state index contributed by atoms with van der Waals surface area (Å²) in [6.45, 7) is 14.0. The summed E-state index contributed by atoms with van der Waals surface area (Å²) in [6, 6.07) is 12.7. The molecular weight excluding hydrogens is 878 g/mol. The molecule has 1 fully saturated rings. The third-order valence-corrected chi connectivity index (χ3v) is 13.2. The average Bonchev–Trinajstić information content (AvgIpc) is 3.81. The smallest absolute Gasteiger partial charge is 0.247 e. The van der Waals surface area contributed by atoms with E-state index in [0.29, 0.717) is 60.2 Å². The minimum absolute atomic E-state index is 0.0611. The maximum Gasteiger partial charge on any atom is 0.247 e. The number of imidazole rings is 1. The molecule has 0 saturated carbocycles. The van der Waals surface area contributed by atoms with Crippen LogP contribution in [0, 0.1) is 20.8 Å². The van der Waals surface area contributed by atoms with E-state index < -0.39 is 6.04 Å². The molecule has 7 rings (SSSR count). The highest BCUT2D eigenvalue weighted by Crippen LogP contribution is 2.40. The van der Waals surface area contributed by atoms with Crippen molar-refractivity contribution in [2.24, 2.45) is 4.99 Å². The molecule has 2 aliphatic heterocycles. The summed E-state index contributed by atoms with van der Waals surface area (Å²) >= 11 is 14.4. The maximum absolute atomic E-state index is 13.2. The fourth-order valence-electron chi connectivity index (χ4n) is 8.11. The second-order valence-corrected chi connectivity index (χ2v) is 18.0. The number of ether oxygens (including phenoxy) is 2. The lowest BCUT2D eigenvalue weighted by Gasteiger charge is -2.26. The fraction of sp³-hybridized carbons (Fsp3) is 0.444. The number of aryl methyl sites for hydroxylation is 2. The first kappa shape index (κ1) is 46.8. The number of benzene rings is 2. The molecule has 64 heavy (non-hydrogen) atoms. The number of anilines is 1. The van der Waals surface area contributed by atoms with E-state index in [1.165, 1.54) is 4.88 Å². The van der Waals surface area contributed by atoms with Crippen molar-refractivity contribution in [2.45, 2.75) is 65.0 Å². The summed E-state index contributed by atoms with van der Waals surface area (Å²) < 4.78 is 15.3. The number of para-hydroxylation sites is 1. The SMILES string of the molecule is C=C(CN1CCCC[C@H](n2c(N)nc3cccc(Cl)c32)C1)C(=O)NCCNC(=O)CCOCCOCCNC(=O)C[C@@H]1N=C(c2ccc(Cl)cc2)c2c(sc(C)c2C)-n2c(C)nnc21. The summed E-state index contributed by atoms with van der Waals surface area (Å²) in [5.41, 5.74) is 12.2. The summed E-state index contributed by atoms with van der Waals surface area (Å²) in [4.78, 5) is 51.5. The highest BCUT2D eigenvalue weighted by molar-refractivity contribution is 7.15. The van der Waals surface area contributed by atoms with Gasteiger partial charge in [-0.1, -0.05) is 54.4 Å². The van der Waals surface area contributed by atoms with Crippen LogP contribution in [0.1, 0.15) is 77.4 Å². The van der Waals surface area contributed by atoms with Crippen molar-refractivity contribution in [2.75, 3.05) is 71.4 Å². The Morgan fingerprint density at radius 3 is 2.47 bits per heavy atom. The van der Waals surface area contributed by atoms with Gasteiger partial charge >= 0.3 is 0 Å². The number of amides is 3.